The average Bonchev–Trinajstić information content (AvgIpc) is 2.47. The fourth-order valence-corrected chi connectivity index (χ4v) is 2.95. The Morgan fingerprint density at radius 1 is 1.29 bits per heavy atom. The summed E-state index contributed by atoms with van der Waals surface area (Å²) in [6.07, 6.45) is 4.08. The number of carbonyl (C=O) groups excluding carboxylic acids is 2. The molecule has 1 aliphatic rings. The number of nitrogens with one attached hydrogen (secondary N) is 1. The van der Waals surface area contributed by atoms with Crippen molar-refractivity contribution in [2.24, 2.45) is 5.92 Å². The van der Waals surface area contributed by atoms with Gasteiger partial charge in [0.1, 0.15) is 0 Å². The normalized spacial score (nSPS) is 21.8. The van der Waals surface area contributed by atoms with Gasteiger partial charge in [0, 0.05) is 18.9 Å². The van der Waals surface area contributed by atoms with Crippen molar-refractivity contribution in [2.75, 3.05) is 6.54 Å². The van der Waals surface area contributed by atoms with Gasteiger partial charge in [-0.15, -0.1) is 0 Å². The summed E-state index contributed by atoms with van der Waals surface area (Å²) in [5, 5.41) is 3.01. The van der Waals surface area contributed by atoms with Gasteiger partial charge in [0.25, 0.3) is 0 Å². The number of carbonyl (C=O) groups is 2. The van der Waals surface area contributed by atoms with Crippen molar-refractivity contribution in [1.29, 1.82) is 0 Å². The molecule has 112 valence electrons. The Morgan fingerprint density at radius 3 is 2.67 bits per heavy atom. The van der Waals surface area contributed by atoms with Gasteiger partial charge in [-0.3, -0.25) is 9.59 Å². The van der Waals surface area contributed by atoms with Crippen LogP contribution in [0.15, 0.2) is 42.0 Å². The van der Waals surface area contributed by atoms with Gasteiger partial charge in [-0.25, -0.2) is 0 Å². The largest absolute Gasteiger partial charge is 0.356 e. The minimum absolute atomic E-state index is 0.0403. The Hall–Kier alpha value is -1.90. The van der Waals surface area contributed by atoms with Gasteiger partial charge < -0.3 is 5.32 Å². The van der Waals surface area contributed by atoms with Crippen molar-refractivity contribution in [3.8, 4) is 0 Å². The third-order valence-corrected chi connectivity index (χ3v) is 4.04. The molecule has 1 aromatic carbocycles. The van der Waals surface area contributed by atoms with E-state index in [9.17, 15) is 9.59 Å². The first-order valence-corrected chi connectivity index (χ1v) is 7.67. The minimum atomic E-state index is -0.234. The van der Waals surface area contributed by atoms with E-state index < -0.39 is 0 Å². The second-order valence-corrected chi connectivity index (χ2v) is 5.70. The molecule has 0 radical (unpaired) electrons. The second-order valence-electron chi connectivity index (χ2n) is 5.70. The Morgan fingerprint density at radius 2 is 2.00 bits per heavy atom. The molecule has 0 saturated heterocycles. The van der Waals surface area contributed by atoms with E-state index in [0.717, 1.165) is 24.0 Å². The van der Waals surface area contributed by atoms with Crippen LogP contribution in [0.3, 0.4) is 0 Å². The van der Waals surface area contributed by atoms with Crippen LogP contribution >= 0.6 is 0 Å². The van der Waals surface area contributed by atoms with Crippen LogP contribution in [0, 0.1) is 5.92 Å². The number of hydrogen-bond acceptors (Lipinski definition) is 2. The third-order valence-electron chi connectivity index (χ3n) is 4.04. The SMILES string of the molecule is CCCCNC(=O)C1C(C)=CC(=O)CC1c1ccccc1. The van der Waals surface area contributed by atoms with E-state index in [4.69, 9.17) is 0 Å². The predicted octanol–water partition coefficient (Wildman–Crippen LogP) is 3.22. The first-order valence-electron chi connectivity index (χ1n) is 7.67. The van der Waals surface area contributed by atoms with Crippen LogP contribution in [0.25, 0.3) is 0 Å². The lowest BCUT2D eigenvalue weighted by Crippen LogP contribution is -2.38. The molecule has 1 aliphatic carbocycles. The number of benzene rings is 1. The first-order chi connectivity index (χ1) is 10.1. The molecule has 0 fully saturated rings. The molecule has 2 rings (SSSR count). The lowest BCUT2D eigenvalue weighted by Gasteiger charge is -2.30. The first kappa shape index (κ1) is 15.5. The number of hydrogen-bond donors (Lipinski definition) is 1. The molecule has 0 aliphatic heterocycles. The van der Waals surface area contributed by atoms with Crippen LogP contribution in [0.1, 0.15) is 44.6 Å². The molecule has 0 spiro atoms. The molecule has 3 nitrogen and oxygen atoms in total. The molecule has 2 unspecified atom stereocenters. The third kappa shape index (κ3) is 3.81. The van der Waals surface area contributed by atoms with E-state index >= 15 is 0 Å². The number of rotatable bonds is 5. The topological polar surface area (TPSA) is 46.2 Å². The van der Waals surface area contributed by atoms with E-state index in [2.05, 4.69) is 12.2 Å². The van der Waals surface area contributed by atoms with Crippen molar-refractivity contribution in [1.82, 2.24) is 5.32 Å². The Balaban J connectivity index is 2.22. The van der Waals surface area contributed by atoms with Crippen molar-refractivity contribution < 1.29 is 9.59 Å². The maximum Gasteiger partial charge on any atom is 0.227 e. The molecule has 0 saturated carbocycles. The monoisotopic (exact) mass is 285 g/mol. The minimum Gasteiger partial charge on any atom is -0.356 e. The van der Waals surface area contributed by atoms with Gasteiger partial charge in [0.2, 0.25) is 5.91 Å². The van der Waals surface area contributed by atoms with Crippen molar-refractivity contribution in [3.05, 3.63) is 47.5 Å². The summed E-state index contributed by atoms with van der Waals surface area (Å²) >= 11 is 0. The van der Waals surface area contributed by atoms with Crippen LogP contribution in [-0.2, 0) is 9.59 Å². The van der Waals surface area contributed by atoms with E-state index in [1.807, 2.05) is 37.3 Å². The van der Waals surface area contributed by atoms with Crippen molar-refractivity contribution in [2.45, 2.75) is 39.0 Å². The summed E-state index contributed by atoms with van der Waals surface area (Å²) in [7, 11) is 0. The summed E-state index contributed by atoms with van der Waals surface area (Å²) in [6, 6.07) is 9.87. The maximum absolute atomic E-state index is 12.5. The van der Waals surface area contributed by atoms with Gasteiger partial charge in [0.05, 0.1) is 5.92 Å². The molecule has 1 N–H and O–H groups in total. The van der Waals surface area contributed by atoms with Gasteiger partial charge in [-0.1, -0.05) is 49.2 Å². The van der Waals surface area contributed by atoms with Crippen molar-refractivity contribution >= 4 is 11.7 Å². The lowest BCUT2D eigenvalue weighted by atomic mass is 9.74. The molecular formula is C18H23NO2. The van der Waals surface area contributed by atoms with Crippen LogP contribution < -0.4 is 5.32 Å². The van der Waals surface area contributed by atoms with Crippen LogP contribution in [-0.4, -0.2) is 18.2 Å². The highest BCUT2D eigenvalue weighted by Gasteiger charge is 2.35. The molecular weight excluding hydrogens is 262 g/mol. The highest BCUT2D eigenvalue weighted by atomic mass is 16.2. The molecule has 1 aromatic rings. The number of amides is 1. The van der Waals surface area contributed by atoms with E-state index in [1.165, 1.54) is 0 Å². The zero-order chi connectivity index (χ0) is 15.2. The second kappa shape index (κ2) is 7.21. The summed E-state index contributed by atoms with van der Waals surface area (Å²) in [5.41, 5.74) is 1.93. The molecule has 0 heterocycles. The highest BCUT2D eigenvalue weighted by Crippen LogP contribution is 2.36. The summed E-state index contributed by atoms with van der Waals surface area (Å²) in [4.78, 5) is 24.4. The highest BCUT2D eigenvalue weighted by molar-refractivity contribution is 5.96. The number of unbranched alkanes of at least 4 members (excludes halogenated alkanes) is 1. The Labute approximate surface area is 126 Å². The van der Waals surface area contributed by atoms with Gasteiger partial charge in [-0.05, 0) is 25.0 Å². The zero-order valence-electron chi connectivity index (χ0n) is 12.8. The molecule has 2 atom stereocenters. The Kier molecular flexibility index (Phi) is 5.32. The Bertz CT molecular complexity index is 533. The van der Waals surface area contributed by atoms with Gasteiger partial charge in [-0.2, -0.15) is 0 Å². The van der Waals surface area contributed by atoms with Crippen LogP contribution in [0.4, 0.5) is 0 Å². The van der Waals surface area contributed by atoms with Crippen LogP contribution in [0.2, 0.25) is 0 Å². The van der Waals surface area contributed by atoms with Gasteiger partial charge in [0.15, 0.2) is 5.78 Å². The lowest BCUT2D eigenvalue weighted by molar-refractivity contribution is -0.125. The molecule has 1 amide bonds. The van der Waals surface area contributed by atoms with Gasteiger partial charge >= 0.3 is 0 Å². The summed E-state index contributed by atoms with van der Waals surface area (Å²) in [6.45, 7) is 4.69. The van der Waals surface area contributed by atoms with E-state index in [1.54, 1.807) is 6.08 Å². The number of allylic oxidation sites excluding steroid dienone is 1. The zero-order valence-corrected chi connectivity index (χ0v) is 12.8. The molecule has 3 heteroatoms. The van der Waals surface area contributed by atoms with Crippen LogP contribution in [0.5, 0.6) is 0 Å². The molecule has 0 bridgehead atoms. The molecule has 0 aromatic heterocycles. The molecule has 21 heavy (non-hydrogen) atoms. The van der Waals surface area contributed by atoms with E-state index in [0.29, 0.717) is 13.0 Å². The predicted molar refractivity (Wildman–Crippen MR) is 84.0 cm³/mol. The summed E-state index contributed by atoms with van der Waals surface area (Å²) < 4.78 is 0. The smallest absolute Gasteiger partial charge is 0.227 e. The fraction of sp³-hybridized carbons (Fsp3) is 0.444. The van der Waals surface area contributed by atoms with Crippen molar-refractivity contribution in [3.63, 3.8) is 0 Å². The number of ketones is 1. The standard InChI is InChI=1S/C18H23NO2/c1-3-4-10-19-18(21)17-13(2)11-15(20)12-16(17)14-8-6-5-7-9-14/h5-9,11,16-17H,3-4,10,12H2,1-2H3,(H,19,21). The quantitative estimate of drug-likeness (QED) is 0.844. The summed E-state index contributed by atoms with van der Waals surface area (Å²) in [5.74, 6) is -0.134. The maximum atomic E-state index is 12.5. The van der Waals surface area contributed by atoms with E-state index in [-0.39, 0.29) is 23.5 Å². The fourth-order valence-electron chi connectivity index (χ4n) is 2.95. The average molecular weight is 285 g/mol.